The number of aliphatic hydroxyl groups is 4. The number of fused-ring (bicyclic) bond motifs is 1. The smallest absolute Gasteiger partial charge is 0.308 e. The standard InChI is InChI=1S/C23H22O11/c1-10(25)32-12-4-2-11(3-5-12)14-9-31-16-7-13(6-15(26)18(16)19(14)27)33-23-22(30)21(29)20(28)17(8-24)34-23/h2-7,9,17,20-24,26,28-30H,8H2,1H3/t17?,20-,21?,22?,23-/m1/s1. The van der Waals surface area contributed by atoms with Crippen molar-refractivity contribution in [3.8, 4) is 28.4 Å². The maximum atomic E-state index is 13.0. The topological polar surface area (TPSA) is 176 Å². The van der Waals surface area contributed by atoms with E-state index in [0.717, 1.165) is 6.07 Å². The van der Waals surface area contributed by atoms with Crippen LogP contribution in [0.1, 0.15) is 6.92 Å². The highest BCUT2D eigenvalue weighted by atomic mass is 16.7. The van der Waals surface area contributed by atoms with Crippen LogP contribution in [-0.2, 0) is 9.53 Å². The molecule has 0 aliphatic carbocycles. The van der Waals surface area contributed by atoms with Crippen molar-refractivity contribution < 1.29 is 49.0 Å². The molecule has 0 spiro atoms. The molecule has 1 aliphatic heterocycles. The van der Waals surface area contributed by atoms with Crippen LogP contribution in [-0.4, -0.2) is 68.8 Å². The zero-order valence-corrected chi connectivity index (χ0v) is 17.8. The average molecular weight is 474 g/mol. The summed E-state index contributed by atoms with van der Waals surface area (Å²) in [6.07, 6.45) is -6.30. The van der Waals surface area contributed by atoms with Gasteiger partial charge in [-0.1, -0.05) is 12.1 Å². The predicted octanol–water partition coefficient (Wildman–Crippen LogP) is 0.270. The molecule has 1 aromatic heterocycles. The number of carbonyl (C=O) groups excluding carboxylic acids is 1. The molecule has 2 heterocycles. The number of aromatic hydroxyl groups is 1. The number of phenols is 1. The molecule has 0 saturated carbocycles. The molecule has 11 heteroatoms. The lowest BCUT2D eigenvalue weighted by atomic mass is 9.99. The predicted molar refractivity (Wildman–Crippen MR) is 115 cm³/mol. The summed E-state index contributed by atoms with van der Waals surface area (Å²) in [7, 11) is 0. The van der Waals surface area contributed by atoms with E-state index in [-0.39, 0.29) is 22.3 Å². The molecule has 180 valence electrons. The van der Waals surface area contributed by atoms with Gasteiger partial charge in [-0.15, -0.1) is 0 Å². The third-order valence-corrected chi connectivity index (χ3v) is 5.36. The van der Waals surface area contributed by atoms with Crippen molar-refractivity contribution in [1.29, 1.82) is 0 Å². The van der Waals surface area contributed by atoms with Crippen LogP contribution in [0.25, 0.3) is 22.1 Å². The van der Waals surface area contributed by atoms with Gasteiger partial charge in [0.2, 0.25) is 11.7 Å². The third kappa shape index (κ3) is 4.47. The van der Waals surface area contributed by atoms with Crippen molar-refractivity contribution >= 4 is 16.9 Å². The Morgan fingerprint density at radius 1 is 1.03 bits per heavy atom. The molecule has 0 radical (unpaired) electrons. The van der Waals surface area contributed by atoms with Gasteiger partial charge in [0.1, 0.15) is 58.9 Å². The van der Waals surface area contributed by atoms with Crippen molar-refractivity contribution in [2.45, 2.75) is 37.6 Å². The number of benzene rings is 2. The van der Waals surface area contributed by atoms with E-state index in [9.17, 15) is 35.1 Å². The number of hydrogen-bond acceptors (Lipinski definition) is 11. The molecule has 0 amide bonds. The number of hydrogen-bond donors (Lipinski definition) is 5. The fourth-order valence-corrected chi connectivity index (χ4v) is 3.64. The summed E-state index contributed by atoms with van der Waals surface area (Å²) in [6, 6.07) is 8.53. The van der Waals surface area contributed by atoms with E-state index in [2.05, 4.69) is 0 Å². The lowest BCUT2D eigenvalue weighted by Gasteiger charge is -2.39. The van der Waals surface area contributed by atoms with Gasteiger partial charge in [0.15, 0.2) is 0 Å². The summed E-state index contributed by atoms with van der Waals surface area (Å²) in [4.78, 5) is 24.1. The minimum Gasteiger partial charge on any atom is -0.507 e. The Kier molecular flexibility index (Phi) is 6.55. The number of aliphatic hydroxyl groups excluding tert-OH is 4. The lowest BCUT2D eigenvalue weighted by Crippen LogP contribution is -2.60. The van der Waals surface area contributed by atoms with Crippen LogP contribution < -0.4 is 14.9 Å². The molecule has 5 atom stereocenters. The Morgan fingerprint density at radius 3 is 2.38 bits per heavy atom. The molecule has 1 aliphatic rings. The summed E-state index contributed by atoms with van der Waals surface area (Å²) in [5.74, 6) is -0.705. The van der Waals surface area contributed by atoms with Gasteiger partial charge in [-0.2, -0.15) is 0 Å². The summed E-state index contributed by atoms with van der Waals surface area (Å²) < 4.78 is 21.3. The first-order valence-electron chi connectivity index (χ1n) is 10.2. The highest BCUT2D eigenvalue weighted by Gasteiger charge is 2.44. The van der Waals surface area contributed by atoms with E-state index in [4.69, 9.17) is 18.6 Å². The second-order valence-corrected chi connectivity index (χ2v) is 7.73. The van der Waals surface area contributed by atoms with Crippen LogP contribution in [0.3, 0.4) is 0 Å². The van der Waals surface area contributed by atoms with Crippen LogP contribution in [0, 0.1) is 0 Å². The third-order valence-electron chi connectivity index (χ3n) is 5.36. The number of ether oxygens (including phenoxy) is 3. The van der Waals surface area contributed by atoms with Gasteiger partial charge in [0.05, 0.1) is 12.2 Å². The number of rotatable bonds is 5. The monoisotopic (exact) mass is 474 g/mol. The molecule has 2 aromatic carbocycles. The molecule has 3 aromatic rings. The molecule has 3 unspecified atom stereocenters. The van der Waals surface area contributed by atoms with E-state index in [1.165, 1.54) is 31.4 Å². The van der Waals surface area contributed by atoms with Crippen LogP contribution in [0.15, 0.2) is 51.9 Å². The van der Waals surface area contributed by atoms with Crippen LogP contribution in [0.5, 0.6) is 17.2 Å². The van der Waals surface area contributed by atoms with Gasteiger partial charge in [0, 0.05) is 19.1 Å². The van der Waals surface area contributed by atoms with E-state index in [1.807, 2.05) is 0 Å². The van der Waals surface area contributed by atoms with E-state index >= 15 is 0 Å². The highest BCUT2D eigenvalue weighted by molar-refractivity contribution is 5.88. The minimum atomic E-state index is -1.65. The van der Waals surface area contributed by atoms with Gasteiger partial charge in [-0.3, -0.25) is 9.59 Å². The summed E-state index contributed by atoms with van der Waals surface area (Å²) in [6.45, 7) is 0.636. The number of esters is 1. The zero-order chi connectivity index (χ0) is 24.6. The Labute approximate surface area is 192 Å². The van der Waals surface area contributed by atoms with Gasteiger partial charge in [-0.25, -0.2) is 0 Å². The highest BCUT2D eigenvalue weighted by Crippen LogP contribution is 2.32. The van der Waals surface area contributed by atoms with Gasteiger partial charge >= 0.3 is 5.97 Å². The fourth-order valence-electron chi connectivity index (χ4n) is 3.64. The molecular weight excluding hydrogens is 452 g/mol. The zero-order valence-electron chi connectivity index (χ0n) is 17.8. The van der Waals surface area contributed by atoms with Crippen LogP contribution in [0.4, 0.5) is 0 Å². The molecule has 4 rings (SSSR count). The van der Waals surface area contributed by atoms with E-state index in [0.29, 0.717) is 11.3 Å². The Bertz CT molecular complexity index is 1250. The second-order valence-electron chi connectivity index (χ2n) is 7.73. The SMILES string of the molecule is CC(=O)Oc1ccc(-c2coc3cc(O[C@@H]4OC(CO)[C@@H](O)C(O)C4O)cc(O)c3c2=O)cc1. The Hall–Kier alpha value is -3.48. The molecule has 5 N–H and O–H groups in total. The van der Waals surface area contributed by atoms with E-state index < -0.39 is 54.5 Å². The summed E-state index contributed by atoms with van der Waals surface area (Å²) >= 11 is 0. The van der Waals surface area contributed by atoms with Crippen LogP contribution in [0.2, 0.25) is 0 Å². The van der Waals surface area contributed by atoms with Crippen molar-refractivity contribution in [1.82, 2.24) is 0 Å². The van der Waals surface area contributed by atoms with Gasteiger partial charge in [0.25, 0.3) is 0 Å². The van der Waals surface area contributed by atoms with Crippen molar-refractivity contribution in [2.24, 2.45) is 0 Å². The largest absolute Gasteiger partial charge is 0.507 e. The fraction of sp³-hybridized carbons (Fsp3) is 0.304. The van der Waals surface area contributed by atoms with Gasteiger partial charge in [-0.05, 0) is 17.7 Å². The first kappa shape index (κ1) is 23.7. The maximum absolute atomic E-state index is 13.0. The van der Waals surface area contributed by atoms with Crippen molar-refractivity contribution in [3.63, 3.8) is 0 Å². The van der Waals surface area contributed by atoms with E-state index in [1.54, 1.807) is 12.1 Å². The summed E-state index contributed by atoms with van der Waals surface area (Å²) in [5.41, 5.74) is 0.0654. The first-order chi connectivity index (χ1) is 16.2. The normalized spacial score (nSPS) is 24.7. The molecule has 34 heavy (non-hydrogen) atoms. The number of carbonyl (C=O) groups is 1. The molecule has 1 fully saturated rings. The lowest BCUT2D eigenvalue weighted by molar-refractivity contribution is -0.277. The number of phenolic OH excluding ortho intramolecular Hbond substituents is 1. The molecule has 0 bridgehead atoms. The summed E-state index contributed by atoms with van der Waals surface area (Å²) in [5, 5.41) is 49.6. The van der Waals surface area contributed by atoms with Gasteiger partial charge < -0.3 is 44.2 Å². The second kappa shape index (κ2) is 9.41. The maximum Gasteiger partial charge on any atom is 0.308 e. The average Bonchev–Trinajstić information content (AvgIpc) is 2.80. The minimum absolute atomic E-state index is 0.0233. The van der Waals surface area contributed by atoms with Crippen molar-refractivity contribution in [2.75, 3.05) is 6.61 Å². The molecule has 1 saturated heterocycles. The quantitative estimate of drug-likeness (QED) is 0.253. The Morgan fingerprint density at radius 2 is 1.74 bits per heavy atom. The Balaban J connectivity index is 1.64. The molecular formula is C23H22O11. The first-order valence-corrected chi connectivity index (χ1v) is 10.2. The van der Waals surface area contributed by atoms with Crippen molar-refractivity contribution in [3.05, 3.63) is 52.9 Å². The molecule has 11 nitrogen and oxygen atoms in total. The van der Waals surface area contributed by atoms with Crippen LogP contribution >= 0.6 is 0 Å².